The minimum Gasteiger partial charge on any atom is -0.353 e. The molecule has 0 saturated heterocycles. The van der Waals surface area contributed by atoms with Crippen molar-refractivity contribution in [3.63, 3.8) is 0 Å². The first-order chi connectivity index (χ1) is 34.7. The Labute approximate surface area is 408 Å². The molecule has 12 aromatic rings. The average molecular weight is 897 g/mol. The van der Waals surface area contributed by atoms with Gasteiger partial charge in [-0.1, -0.05) is 237 Å². The number of fused-ring (bicyclic) bond motifs is 3. The van der Waals surface area contributed by atoms with Crippen LogP contribution in [0.4, 0.5) is 51.2 Å². The van der Waals surface area contributed by atoms with Gasteiger partial charge in [0.25, 0.3) is 0 Å². The molecule has 0 atom stereocenters. The Balaban J connectivity index is 1.20. The van der Waals surface area contributed by atoms with Gasteiger partial charge in [0.05, 0.1) is 34.1 Å². The normalized spacial score (nSPS) is 11.1. The van der Waals surface area contributed by atoms with Crippen molar-refractivity contribution in [1.82, 2.24) is 0 Å². The van der Waals surface area contributed by atoms with E-state index in [-0.39, 0.29) is 0 Å². The van der Waals surface area contributed by atoms with Crippen molar-refractivity contribution < 1.29 is 0 Å². The first-order valence-electron chi connectivity index (χ1n) is 23.8. The van der Waals surface area contributed by atoms with Crippen LogP contribution < -0.4 is 20.9 Å². The second kappa shape index (κ2) is 18.7. The smallest absolute Gasteiger partial charge is 0.0709 e. The molecule has 0 aliphatic heterocycles. The van der Waals surface area contributed by atoms with Gasteiger partial charge in [-0.05, 0) is 69.2 Å². The van der Waals surface area contributed by atoms with E-state index >= 15 is 0 Å². The fraction of sp³-hybridized carbons (Fsp3) is 0. The summed E-state index contributed by atoms with van der Waals surface area (Å²) >= 11 is 0. The van der Waals surface area contributed by atoms with Crippen molar-refractivity contribution in [2.24, 2.45) is 0 Å². The average Bonchev–Trinajstić information content (AvgIpc) is 3.43. The number of anilines is 9. The van der Waals surface area contributed by atoms with Crippen LogP contribution in [0.25, 0.3) is 65.7 Å². The van der Waals surface area contributed by atoms with Crippen LogP contribution in [-0.2, 0) is 0 Å². The maximum Gasteiger partial charge on any atom is 0.0709 e. The molecule has 0 saturated carbocycles. The Kier molecular flexibility index (Phi) is 11.2. The van der Waals surface area contributed by atoms with Crippen molar-refractivity contribution in [2.75, 3.05) is 20.9 Å². The second-order valence-corrected chi connectivity index (χ2v) is 17.5. The highest BCUT2D eigenvalue weighted by molar-refractivity contribution is 6.08. The van der Waals surface area contributed by atoms with Crippen molar-refractivity contribution in [1.29, 1.82) is 0 Å². The second-order valence-electron chi connectivity index (χ2n) is 17.5. The highest BCUT2D eigenvalue weighted by Crippen LogP contribution is 2.53. The third-order valence-corrected chi connectivity index (χ3v) is 13.3. The number of hydrogen-bond acceptors (Lipinski definition) is 4. The molecule has 70 heavy (non-hydrogen) atoms. The zero-order valence-electron chi connectivity index (χ0n) is 38.4. The first kappa shape index (κ1) is 42.0. The Hall–Kier alpha value is -9.38. The molecule has 332 valence electrons. The summed E-state index contributed by atoms with van der Waals surface area (Å²) in [6.07, 6.45) is 0. The van der Waals surface area contributed by atoms with Crippen LogP contribution in [0.1, 0.15) is 0 Å². The number of nitrogens with zero attached hydrogens (tertiary/aromatic N) is 1. The van der Waals surface area contributed by atoms with E-state index in [1.165, 1.54) is 0 Å². The SMILES string of the molecule is c1ccc(-c2cccc(N(c3cccc(-c4ccccc4)c3Nc3cccc4ccccc34)c3cccc(-c4ccccc4)c3Nc3cccc4ccccc34)c2Nc2cccc3ccccc23)cc1. The molecule has 0 aliphatic carbocycles. The Morgan fingerprint density at radius 1 is 0.214 bits per heavy atom. The monoisotopic (exact) mass is 896 g/mol. The summed E-state index contributed by atoms with van der Waals surface area (Å²) in [6.45, 7) is 0. The summed E-state index contributed by atoms with van der Waals surface area (Å²) in [5, 5.41) is 19.2. The van der Waals surface area contributed by atoms with E-state index in [9.17, 15) is 0 Å². The molecule has 4 nitrogen and oxygen atoms in total. The molecule has 0 heterocycles. The van der Waals surface area contributed by atoms with E-state index in [0.29, 0.717) is 0 Å². The van der Waals surface area contributed by atoms with Crippen LogP contribution in [0.3, 0.4) is 0 Å². The third-order valence-electron chi connectivity index (χ3n) is 13.3. The van der Waals surface area contributed by atoms with E-state index in [4.69, 9.17) is 0 Å². The number of rotatable bonds is 12. The van der Waals surface area contributed by atoms with Gasteiger partial charge in [-0.25, -0.2) is 0 Å². The molecule has 3 N–H and O–H groups in total. The largest absolute Gasteiger partial charge is 0.353 e. The maximum absolute atomic E-state index is 4.10. The van der Waals surface area contributed by atoms with Gasteiger partial charge < -0.3 is 20.9 Å². The van der Waals surface area contributed by atoms with Gasteiger partial charge in [-0.15, -0.1) is 0 Å². The van der Waals surface area contributed by atoms with Gasteiger partial charge in [0, 0.05) is 49.9 Å². The molecule has 12 rings (SSSR count). The molecular weight excluding hydrogens is 849 g/mol. The topological polar surface area (TPSA) is 39.3 Å². The summed E-state index contributed by atoms with van der Waals surface area (Å²) < 4.78 is 0. The summed E-state index contributed by atoms with van der Waals surface area (Å²) in [5.41, 5.74) is 15.4. The zero-order chi connectivity index (χ0) is 46.6. The van der Waals surface area contributed by atoms with E-state index in [1.54, 1.807) is 0 Å². The maximum atomic E-state index is 4.10. The molecule has 0 fully saturated rings. The van der Waals surface area contributed by atoms with Crippen LogP contribution in [-0.4, -0.2) is 0 Å². The zero-order valence-corrected chi connectivity index (χ0v) is 38.4. The number of benzene rings is 12. The van der Waals surface area contributed by atoms with E-state index in [2.05, 4.69) is 294 Å². The van der Waals surface area contributed by atoms with Gasteiger partial charge >= 0.3 is 0 Å². The van der Waals surface area contributed by atoms with Crippen molar-refractivity contribution >= 4 is 83.5 Å². The Bertz CT molecular complexity index is 3400. The van der Waals surface area contributed by atoms with E-state index < -0.39 is 0 Å². The van der Waals surface area contributed by atoms with Gasteiger partial charge in [0.1, 0.15) is 0 Å². The lowest BCUT2D eigenvalue weighted by atomic mass is 9.96. The van der Waals surface area contributed by atoms with Crippen LogP contribution in [0.15, 0.2) is 273 Å². The van der Waals surface area contributed by atoms with Crippen molar-refractivity contribution in [2.45, 2.75) is 0 Å². The summed E-state index contributed by atoms with van der Waals surface area (Å²) in [5.74, 6) is 0. The van der Waals surface area contributed by atoms with E-state index in [1.807, 2.05) is 0 Å². The molecule has 0 aromatic heterocycles. The molecule has 0 spiro atoms. The summed E-state index contributed by atoms with van der Waals surface area (Å²) in [6, 6.07) is 97.5. The summed E-state index contributed by atoms with van der Waals surface area (Å²) in [4.78, 5) is 2.46. The number of para-hydroxylation sites is 3. The lowest BCUT2D eigenvalue weighted by Crippen LogP contribution is -2.16. The van der Waals surface area contributed by atoms with Gasteiger partial charge in [0.2, 0.25) is 0 Å². The molecule has 4 heteroatoms. The minimum atomic E-state index is 0.964. The van der Waals surface area contributed by atoms with Crippen LogP contribution in [0.2, 0.25) is 0 Å². The predicted molar refractivity (Wildman–Crippen MR) is 299 cm³/mol. The van der Waals surface area contributed by atoms with Gasteiger partial charge in [0.15, 0.2) is 0 Å². The molecule has 0 unspecified atom stereocenters. The van der Waals surface area contributed by atoms with Crippen molar-refractivity contribution in [3.8, 4) is 33.4 Å². The third kappa shape index (κ3) is 8.04. The molecular formula is C66H48N4. The lowest BCUT2D eigenvalue weighted by Gasteiger charge is -2.34. The van der Waals surface area contributed by atoms with Gasteiger partial charge in [-0.3, -0.25) is 0 Å². The first-order valence-corrected chi connectivity index (χ1v) is 23.8. The van der Waals surface area contributed by atoms with Crippen LogP contribution >= 0.6 is 0 Å². The number of hydrogen-bond donors (Lipinski definition) is 3. The number of nitrogens with one attached hydrogen (secondary N) is 3. The molecule has 12 aromatic carbocycles. The molecule has 0 amide bonds. The molecule has 0 bridgehead atoms. The standard InChI is InChI=1S/C66H48N4/c1-4-22-49(23-5-1)55-37-19-43-61(64(55)67-58-40-16-31-46-28-10-13-34-52(46)58)70(62-44-20-38-56(50-24-6-2-7-25-50)65(62)68-59-41-17-32-47-29-11-14-35-53(47)59)63-45-21-39-57(51-26-8-3-9-27-51)66(63)69-60-42-18-33-48-30-12-15-36-54(48)60/h1-45,67-69H. The van der Waals surface area contributed by atoms with Gasteiger partial charge in [-0.2, -0.15) is 0 Å². The summed E-state index contributed by atoms with van der Waals surface area (Å²) in [7, 11) is 0. The highest BCUT2D eigenvalue weighted by Gasteiger charge is 2.28. The Morgan fingerprint density at radius 3 is 0.786 bits per heavy atom. The molecule has 0 radical (unpaired) electrons. The quantitative estimate of drug-likeness (QED) is 0.114. The predicted octanol–water partition coefficient (Wildman–Crippen LogP) is 18.8. The lowest BCUT2D eigenvalue weighted by molar-refractivity contribution is 1.28. The minimum absolute atomic E-state index is 0.964. The highest BCUT2D eigenvalue weighted by atomic mass is 15.2. The Morgan fingerprint density at radius 2 is 0.471 bits per heavy atom. The fourth-order valence-electron chi connectivity index (χ4n) is 9.94. The van der Waals surface area contributed by atoms with E-state index in [0.717, 1.165) is 117 Å². The van der Waals surface area contributed by atoms with Crippen molar-refractivity contribution in [3.05, 3.63) is 273 Å². The molecule has 0 aliphatic rings. The fourth-order valence-corrected chi connectivity index (χ4v) is 9.94. The van der Waals surface area contributed by atoms with Crippen LogP contribution in [0.5, 0.6) is 0 Å². The van der Waals surface area contributed by atoms with Crippen LogP contribution in [0, 0.1) is 0 Å².